The summed E-state index contributed by atoms with van der Waals surface area (Å²) >= 11 is 1.09. The second-order valence-corrected chi connectivity index (χ2v) is 17.9. The van der Waals surface area contributed by atoms with E-state index >= 15 is 0 Å². The summed E-state index contributed by atoms with van der Waals surface area (Å²) in [5.74, 6) is -5.35. The minimum atomic E-state index is -2.33. The van der Waals surface area contributed by atoms with Crippen molar-refractivity contribution in [2.75, 3.05) is 6.61 Å². The van der Waals surface area contributed by atoms with Crippen LogP contribution in [0.1, 0.15) is 60.3 Å². The Bertz CT molecular complexity index is 1590. The van der Waals surface area contributed by atoms with Gasteiger partial charge in [0, 0.05) is 30.1 Å². The zero-order valence-corrected chi connectivity index (χ0v) is 27.1. The molecule has 4 heterocycles. The number of nitrogens with zero attached hydrogens (tertiary/aromatic N) is 4. The van der Waals surface area contributed by atoms with Gasteiger partial charge in [-0.25, -0.2) is 9.78 Å². The first-order valence-electron chi connectivity index (χ1n) is 13.9. The summed E-state index contributed by atoms with van der Waals surface area (Å²) in [7, 11) is -2.33. The van der Waals surface area contributed by atoms with Crippen LogP contribution >= 0.6 is 11.3 Å². The number of likely N-dealkylation sites (tertiary alicyclic amines) is 1. The number of β-lactam (4-membered cyclic amide) rings is 1. The van der Waals surface area contributed by atoms with Crippen LogP contribution in [0.3, 0.4) is 0 Å². The Morgan fingerprint density at radius 1 is 1.21 bits per heavy atom. The minimum absolute atomic E-state index is 0.146. The molecule has 0 spiro atoms. The number of carbonyl (C=O) groups excluding carboxylic acids is 5. The Morgan fingerprint density at radius 3 is 2.51 bits per heavy atom. The van der Waals surface area contributed by atoms with Gasteiger partial charge in [0.2, 0.25) is 11.7 Å². The van der Waals surface area contributed by atoms with E-state index in [9.17, 15) is 24.0 Å². The van der Waals surface area contributed by atoms with Crippen molar-refractivity contribution < 1.29 is 33.1 Å². The molecule has 13 heteroatoms. The number of ether oxygens (including phenoxy) is 1. The average Bonchev–Trinajstić information content (AvgIpc) is 3.54. The third-order valence-corrected chi connectivity index (χ3v) is 13.9. The lowest BCUT2D eigenvalue weighted by atomic mass is 9.75. The maximum absolute atomic E-state index is 13.9. The van der Waals surface area contributed by atoms with Crippen LogP contribution < -0.4 is 0 Å². The summed E-state index contributed by atoms with van der Waals surface area (Å²) in [5, 5.41) is -0.146. The van der Waals surface area contributed by atoms with Crippen LogP contribution in [0.15, 0.2) is 49.7 Å². The fourth-order valence-corrected chi connectivity index (χ4v) is 7.41. The molecule has 11 nitrogen and oxygen atoms in total. The highest BCUT2D eigenvalue weighted by Gasteiger charge is 2.59. The van der Waals surface area contributed by atoms with Gasteiger partial charge in [-0.3, -0.25) is 33.5 Å². The Kier molecular flexibility index (Phi) is 9.00. The first-order chi connectivity index (χ1) is 20.1. The molecule has 4 atom stereocenters. The molecular weight excluding hydrogens is 589 g/mol. The van der Waals surface area contributed by atoms with Crippen molar-refractivity contribution in [1.29, 1.82) is 0 Å². The van der Waals surface area contributed by atoms with E-state index in [0.717, 1.165) is 16.2 Å². The number of pyridine rings is 1. The molecule has 3 aromatic heterocycles. The van der Waals surface area contributed by atoms with Crippen LogP contribution in [0.4, 0.5) is 0 Å². The van der Waals surface area contributed by atoms with Crippen LogP contribution in [0.5, 0.6) is 0 Å². The summed E-state index contributed by atoms with van der Waals surface area (Å²) in [4.78, 5) is 75.8. The lowest BCUT2D eigenvalue weighted by Gasteiger charge is -2.51. The van der Waals surface area contributed by atoms with Crippen LogP contribution in [0.25, 0.3) is 4.83 Å². The zero-order chi connectivity index (χ0) is 31.9. The highest BCUT2D eigenvalue weighted by Crippen LogP contribution is 2.43. The van der Waals surface area contributed by atoms with E-state index in [2.05, 4.69) is 50.4 Å². The van der Waals surface area contributed by atoms with Gasteiger partial charge in [0.05, 0.1) is 22.9 Å². The van der Waals surface area contributed by atoms with Gasteiger partial charge in [-0.2, -0.15) is 0 Å². The zero-order valence-electron chi connectivity index (χ0n) is 25.3. The smallest absolute Gasteiger partial charge is 0.397 e. The van der Waals surface area contributed by atoms with Gasteiger partial charge in [0.15, 0.2) is 14.1 Å². The molecule has 4 rings (SSSR count). The third kappa shape index (κ3) is 6.01. The number of carbonyl (C=O) groups is 5. The molecule has 0 aliphatic carbocycles. The molecule has 0 saturated carbocycles. The fourth-order valence-electron chi connectivity index (χ4n) is 4.87. The van der Waals surface area contributed by atoms with E-state index < -0.39 is 50.1 Å². The normalized spacial score (nSPS) is 18.6. The summed E-state index contributed by atoms with van der Waals surface area (Å²) in [6.45, 7) is 17.0. The maximum atomic E-state index is 13.9. The molecule has 2 amide bonds. The van der Waals surface area contributed by atoms with Crippen molar-refractivity contribution in [2.24, 2.45) is 11.8 Å². The molecule has 1 aliphatic rings. The Morgan fingerprint density at radius 2 is 1.91 bits per heavy atom. The van der Waals surface area contributed by atoms with Gasteiger partial charge in [-0.05, 0) is 37.2 Å². The molecule has 1 saturated heterocycles. The standard InChI is InChI=1S/C30H36N4O7SSi/c1-9-13-40-29(39)27(38)34-23(21(26(34)37)18(3)41-43(7,8)30(4,5)6)17(2)24(35)20-15-33-16-32-22(28(33)42-20)25(36)19-11-10-12-31-14-19/h9-12,14-18,21,23H,1,13H2,2-8H3/t17-,18-,21-,23+/m1/s1. The van der Waals surface area contributed by atoms with Crippen LogP contribution in [-0.4, -0.2) is 75.7 Å². The molecule has 1 aliphatic heterocycles. The maximum Gasteiger partial charge on any atom is 0.397 e. The monoisotopic (exact) mass is 624 g/mol. The highest BCUT2D eigenvalue weighted by atomic mass is 32.1. The molecule has 0 unspecified atom stereocenters. The Labute approximate surface area is 255 Å². The largest absolute Gasteiger partial charge is 0.454 e. The molecule has 0 aromatic carbocycles. The van der Waals surface area contributed by atoms with Crippen molar-refractivity contribution in [3.63, 3.8) is 0 Å². The van der Waals surface area contributed by atoms with Crippen LogP contribution in [0, 0.1) is 11.8 Å². The number of rotatable bonds is 10. The second kappa shape index (κ2) is 12.1. The number of ketones is 2. The van der Waals surface area contributed by atoms with E-state index in [-0.39, 0.29) is 28.9 Å². The second-order valence-electron chi connectivity index (χ2n) is 12.1. The van der Waals surface area contributed by atoms with Gasteiger partial charge in [-0.15, -0.1) is 11.3 Å². The lowest BCUT2D eigenvalue weighted by molar-refractivity contribution is -0.181. The number of aromatic nitrogens is 3. The summed E-state index contributed by atoms with van der Waals surface area (Å²) in [5.41, 5.74) is 0.543. The van der Waals surface area contributed by atoms with Gasteiger partial charge >= 0.3 is 11.9 Å². The molecule has 228 valence electrons. The van der Waals surface area contributed by atoms with E-state index in [1.54, 1.807) is 42.8 Å². The highest BCUT2D eigenvalue weighted by molar-refractivity contribution is 7.19. The van der Waals surface area contributed by atoms with E-state index in [1.807, 2.05) is 0 Å². The van der Waals surface area contributed by atoms with Gasteiger partial charge in [0.25, 0.3) is 0 Å². The molecular formula is C30H36N4O7SSi. The van der Waals surface area contributed by atoms with Crippen molar-refractivity contribution in [2.45, 2.75) is 64.9 Å². The lowest BCUT2D eigenvalue weighted by Crippen LogP contribution is -2.71. The van der Waals surface area contributed by atoms with Crippen LogP contribution in [-0.2, 0) is 23.5 Å². The van der Waals surface area contributed by atoms with Crippen molar-refractivity contribution in [3.8, 4) is 0 Å². The summed E-state index contributed by atoms with van der Waals surface area (Å²) in [6, 6.07) is 2.34. The predicted molar refractivity (Wildman–Crippen MR) is 162 cm³/mol. The summed E-state index contributed by atoms with van der Waals surface area (Å²) < 4.78 is 13.0. The van der Waals surface area contributed by atoms with Crippen molar-refractivity contribution in [3.05, 3.63) is 65.8 Å². The topological polar surface area (TPSA) is 137 Å². The van der Waals surface area contributed by atoms with Crippen LogP contribution in [0.2, 0.25) is 18.1 Å². The average molecular weight is 625 g/mol. The molecule has 0 N–H and O–H groups in total. The Balaban J connectivity index is 1.65. The third-order valence-electron chi connectivity index (χ3n) is 8.23. The van der Waals surface area contributed by atoms with Crippen molar-refractivity contribution in [1.82, 2.24) is 19.3 Å². The number of amides is 2. The van der Waals surface area contributed by atoms with Crippen molar-refractivity contribution >= 4 is 53.8 Å². The van der Waals surface area contributed by atoms with Gasteiger partial charge in [0.1, 0.15) is 23.5 Å². The number of imidazole rings is 1. The van der Waals surface area contributed by atoms with Gasteiger partial charge < -0.3 is 9.16 Å². The number of thiazole rings is 1. The number of esters is 1. The first kappa shape index (κ1) is 32.1. The number of hydrogen-bond donors (Lipinski definition) is 0. The predicted octanol–water partition coefficient (Wildman–Crippen LogP) is 4.33. The Hall–Kier alpha value is -3.81. The fraction of sp³-hybridized carbons (Fsp3) is 0.433. The molecule has 0 radical (unpaired) electrons. The number of fused-ring (bicyclic) bond motifs is 1. The van der Waals surface area contributed by atoms with Gasteiger partial charge in [-0.1, -0.05) is 40.3 Å². The molecule has 3 aromatic rings. The quantitative estimate of drug-likeness (QED) is 0.0806. The summed E-state index contributed by atoms with van der Waals surface area (Å²) in [6.07, 6.45) is 6.73. The molecule has 1 fully saturated rings. The molecule has 43 heavy (non-hydrogen) atoms. The number of imide groups is 1. The first-order valence-corrected chi connectivity index (χ1v) is 17.6. The number of hydrogen-bond acceptors (Lipinski definition) is 10. The molecule has 0 bridgehead atoms. The SMILES string of the molecule is C=CCOC(=O)C(=O)N1C(=O)[C@H]([C@@H](C)O[Si](C)(C)C(C)(C)C)[C@@H]1[C@@H](C)C(=O)c1cn2cnc(C(=O)c3cccnc3)c2s1. The van der Waals surface area contributed by atoms with E-state index in [4.69, 9.17) is 9.16 Å². The van der Waals surface area contributed by atoms with E-state index in [1.165, 1.54) is 18.6 Å². The van der Waals surface area contributed by atoms with E-state index in [0.29, 0.717) is 15.3 Å². The number of Topliss-reactive ketones (excluding diaryl/α,β-unsaturated/α-hetero) is 1. The minimum Gasteiger partial charge on any atom is -0.454 e.